The van der Waals surface area contributed by atoms with Crippen LogP contribution in [0.15, 0.2) is 65.7 Å². The maximum absolute atomic E-state index is 11.2. The van der Waals surface area contributed by atoms with Crippen molar-refractivity contribution >= 4 is 24.9 Å². The van der Waals surface area contributed by atoms with Crippen LogP contribution in [0.4, 0.5) is 5.69 Å². The summed E-state index contributed by atoms with van der Waals surface area (Å²) < 4.78 is 9.24. The molecule has 3 nitrogen and oxygen atoms in total. The first kappa shape index (κ1) is 59.6. The Hall–Kier alpha value is 1.19. The topological polar surface area (TPSA) is 23.6 Å². The fourth-order valence-corrected chi connectivity index (χ4v) is 4.22. The van der Waals surface area contributed by atoms with Crippen LogP contribution in [-0.4, -0.2) is 45.3 Å². The Morgan fingerprint density at radius 1 is 0.791 bits per heavy atom. The number of amides is 1. The Bertz CT molecular complexity index is 957. The number of hydrogen-bond acceptors (Lipinski definition) is 2. The minimum atomic E-state index is 0. The van der Waals surface area contributed by atoms with E-state index in [2.05, 4.69) is 88.7 Å². The molecule has 2 aromatic rings. The van der Waals surface area contributed by atoms with Gasteiger partial charge >= 0.3 is 194 Å². The first-order valence-electron chi connectivity index (χ1n) is 13.5. The molecule has 0 saturated carbocycles. The van der Waals surface area contributed by atoms with Crippen molar-refractivity contribution in [2.24, 2.45) is 0 Å². The van der Waals surface area contributed by atoms with E-state index in [-0.39, 0.29) is 74.5 Å². The van der Waals surface area contributed by atoms with Gasteiger partial charge in [-0.2, -0.15) is 0 Å². The molecular weight excluding hydrogens is 1560 g/mol. The van der Waals surface area contributed by atoms with Gasteiger partial charge in [-0.3, -0.25) is 4.79 Å². The zero-order valence-corrected chi connectivity index (χ0v) is 46.3. The molecule has 0 spiro atoms. The summed E-state index contributed by atoms with van der Waals surface area (Å²) in [6, 6.07) is 19.1. The van der Waals surface area contributed by atoms with E-state index in [1.807, 2.05) is 67.3 Å². The van der Waals surface area contributed by atoms with Gasteiger partial charge in [0.2, 0.25) is 5.91 Å². The molecule has 0 aliphatic heterocycles. The Labute approximate surface area is 342 Å². The molecule has 0 N–H and O–H groups in total. The zero-order chi connectivity index (χ0) is 32.3. The number of hydrogen-bond donors (Lipinski definition) is 0. The van der Waals surface area contributed by atoms with E-state index in [0.29, 0.717) is 0 Å². The summed E-state index contributed by atoms with van der Waals surface area (Å²) in [7, 11) is 5.53. The predicted octanol–water partition coefficient (Wildman–Crippen LogP) is 7.90. The van der Waals surface area contributed by atoms with Gasteiger partial charge in [0.05, 0.1) is 0 Å². The van der Waals surface area contributed by atoms with Crippen molar-refractivity contribution < 1.29 is 126 Å². The van der Waals surface area contributed by atoms with Gasteiger partial charge in [-0.05, 0) is 20.8 Å². The van der Waals surface area contributed by atoms with Gasteiger partial charge in [-0.25, -0.2) is 0 Å². The Kier molecular flexibility index (Phi) is 54.6. The Morgan fingerprint density at radius 2 is 1.19 bits per heavy atom. The van der Waals surface area contributed by atoms with Crippen LogP contribution < -0.4 is 4.90 Å². The van der Waals surface area contributed by atoms with E-state index in [4.69, 9.17) is 0 Å². The minimum absolute atomic E-state index is 0. The third kappa shape index (κ3) is 32.9. The van der Waals surface area contributed by atoms with Crippen LogP contribution in [0, 0.1) is 6.92 Å². The first-order valence-corrected chi connectivity index (χ1v) is 17.9. The molecule has 0 atom stereocenters. The molecule has 43 heavy (non-hydrogen) atoms. The van der Waals surface area contributed by atoms with Crippen molar-refractivity contribution in [3.05, 3.63) is 76.9 Å². The van der Waals surface area contributed by atoms with Crippen LogP contribution in [0.3, 0.4) is 0 Å². The smallest absolute Gasteiger partial charge is 0 e. The van der Waals surface area contributed by atoms with Crippen molar-refractivity contribution in [2.75, 3.05) is 26.0 Å². The predicted molar refractivity (Wildman–Crippen MR) is 170 cm³/mol. The van der Waals surface area contributed by atoms with Gasteiger partial charge in [0.25, 0.3) is 0 Å². The fraction of sp³-hybridized carbons (Fsp3) is 0.471. The van der Waals surface area contributed by atoms with Crippen LogP contribution in [-0.2, 0) is 131 Å². The number of carbonyl (C=O) groups excluding carboxylic acids is 1. The fourth-order valence-electron chi connectivity index (χ4n) is 2.54. The monoisotopic (exact) mass is 1610 g/mol. The average Bonchev–Trinajstić information content (AvgIpc) is 2.96. The molecule has 0 aliphatic rings. The molecular formula is C34H53N2OW6-3. The van der Waals surface area contributed by atoms with Gasteiger partial charge in [0, 0.05) is 82.9 Å². The number of carbonyl (C=O) groups is 1. The molecule has 244 valence electrons. The SMILES string of the molecule is CC.CC.CC(C)(C[C-]=[W])c1ccccc1.CC(C)=C(C)C(=O)N(C)C.C[C-]=[W].Cc1ccc(N(C)[C-]=[W])cc1.[W].[W].[W]. The quantitative estimate of drug-likeness (QED) is 0.167. The van der Waals surface area contributed by atoms with Crippen LogP contribution in [0.25, 0.3) is 0 Å². The first-order chi connectivity index (χ1) is 18.8. The molecule has 0 fully saturated rings. The van der Waals surface area contributed by atoms with Crippen LogP contribution >= 0.6 is 0 Å². The molecule has 0 aliphatic carbocycles. The van der Waals surface area contributed by atoms with Gasteiger partial charge in [0.15, 0.2) is 0 Å². The standard InChI is InChI=1S/C11H13.C9H10N.C8H15NO.2C2H6.C2H3.6W/c1-4-11(2,3)10-8-6-5-7-9-10;1-8-4-6-9(7-5-8)10(2)3;1-6(2)7(3)8(10)9(4)5;3*1-2;;;;;;/h5-9H,4H2,2-3H3;4-7H,1-2H3;1-5H3;2*1-2H3;1H3;;;;;;/q2*-1;;;;-1;;;;;;. The Balaban J connectivity index is -0.0000000794. The minimum Gasteiger partial charge on any atom is 0 e. The van der Waals surface area contributed by atoms with Crippen molar-refractivity contribution in [1.29, 1.82) is 0 Å². The number of likely N-dealkylation sites (N-methyl/N-ethyl adjacent to an activating group) is 1. The summed E-state index contributed by atoms with van der Waals surface area (Å²) in [5.74, 6) is 0.0972. The van der Waals surface area contributed by atoms with E-state index in [9.17, 15) is 4.79 Å². The summed E-state index contributed by atoms with van der Waals surface area (Å²) in [6.45, 7) is 22.3. The summed E-state index contributed by atoms with van der Waals surface area (Å²) in [4.78, 5) is 14.7. The number of anilines is 1. The number of nitrogens with zero attached hydrogens (tertiary/aromatic N) is 2. The van der Waals surface area contributed by atoms with E-state index in [0.717, 1.165) is 17.6 Å². The van der Waals surface area contributed by atoms with Gasteiger partial charge in [-0.1, -0.05) is 33.3 Å². The number of benzene rings is 2. The second-order valence-corrected chi connectivity index (χ2v) is 12.2. The van der Waals surface area contributed by atoms with Crippen LogP contribution in [0.5, 0.6) is 0 Å². The molecule has 0 radical (unpaired) electrons. The van der Waals surface area contributed by atoms with Gasteiger partial charge in [-0.15, -0.1) is 0 Å². The van der Waals surface area contributed by atoms with Crippen molar-refractivity contribution in [1.82, 2.24) is 4.90 Å². The molecule has 0 unspecified atom stereocenters. The van der Waals surface area contributed by atoms with E-state index >= 15 is 0 Å². The summed E-state index contributed by atoms with van der Waals surface area (Å²) in [5.41, 5.74) is 6.07. The van der Waals surface area contributed by atoms with E-state index < -0.39 is 0 Å². The summed E-state index contributed by atoms with van der Waals surface area (Å²) in [6.07, 6.45) is 1.05. The number of allylic oxidation sites excluding steroid dienone is 1. The molecule has 0 saturated heterocycles. The molecule has 2 rings (SSSR count). The maximum atomic E-state index is 11.2. The Morgan fingerprint density at radius 3 is 1.47 bits per heavy atom. The van der Waals surface area contributed by atoms with E-state index in [1.54, 1.807) is 19.0 Å². The largest absolute Gasteiger partial charge is 0 e. The second-order valence-electron chi connectivity index (χ2n) is 9.09. The third-order valence-corrected chi connectivity index (χ3v) is 6.61. The average molecular weight is 1610 g/mol. The van der Waals surface area contributed by atoms with E-state index in [1.165, 1.54) is 74.9 Å². The zero-order valence-electron chi connectivity index (χ0n) is 28.7. The van der Waals surface area contributed by atoms with Gasteiger partial charge < -0.3 is 4.90 Å². The molecule has 0 bridgehead atoms. The van der Waals surface area contributed by atoms with Crippen LogP contribution in [0.2, 0.25) is 0 Å². The number of aryl methyl sites for hydroxylation is 1. The second kappa shape index (κ2) is 39.4. The van der Waals surface area contributed by atoms with Crippen molar-refractivity contribution in [3.8, 4) is 0 Å². The van der Waals surface area contributed by atoms with Crippen LogP contribution in [0.1, 0.15) is 86.8 Å². The molecule has 9 heteroatoms. The molecule has 2 aromatic carbocycles. The maximum Gasteiger partial charge on any atom is 0 e. The third-order valence-electron chi connectivity index (χ3n) is 5.10. The molecule has 1 amide bonds. The normalized spacial score (nSPS) is 8.14. The van der Waals surface area contributed by atoms with Crippen molar-refractivity contribution in [2.45, 2.75) is 88.0 Å². The molecule has 0 aromatic heterocycles. The summed E-state index contributed by atoms with van der Waals surface area (Å²) in [5, 5.41) is 0. The van der Waals surface area contributed by atoms with Crippen molar-refractivity contribution in [3.63, 3.8) is 0 Å². The molecule has 0 heterocycles. The summed E-state index contributed by atoms with van der Waals surface area (Å²) >= 11 is 4.21. The van der Waals surface area contributed by atoms with Gasteiger partial charge in [0.1, 0.15) is 0 Å². The number of rotatable bonds is 6.